The second-order valence-corrected chi connectivity index (χ2v) is 15.7. The summed E-state index contributed by atoms with van der Waals surface area (Å²) in [5.41, 5.74) is 9.41. The van der Waals surface area contributed by atoms with Gasteiger partial charge in [-0.15, -0.1) is 0 Å². The fraction of sp³-hybridized carbons (Fsp3) is 0.783. The SMILES string of the molecule is CC(C)[C@H](NC(=O)COCCC(=O)NCCCOCCCOCCCOCCCOCCCOCCCOCCCOCCCOCCN=[N+]=[N-])C(=O)N[C@@H](C)C(=O)Nc1ccc(CO)cc1. The van der Waals surface area contributed by atoms with Crippen molar-refractivity contribution in [2.75, 3.05) is 137 Å². The number of benzene rings is 1. The number of anilines is 1. The Bertz CT molecular complexity index is 1440. The van der Waals surface area contributed by atoms with Crippen molar-refractivity contribution in [3.8, 4) is 0 Å². The van der Waals surface area contributed by atoms with Gasteiger partial charge in [0.1, 0.15) is 18.7 Å². The smallest absolute Gasteiger partial charge is 0.246 e. The van der Waals surface area contributed by atoms with Crippen LogP contribution in [0.4, 0.5) is 5.69 Å². The Hall–Kier alpha value is -3.99. The minimum absolute atomic E-state index is 0.0334. The molecule has 0 fully saturated rings. The standard InChI is InChI=1S/C46H81N7O14/c1-38(2)44(46(58)50-39(3)45(57)51-41-14-12-40(36-54)13-15-41)52-43(56)37-67-34-16-42(55)48-17-4-19-59-20-5-21-60-22-6-23-61-24-7-25-62-26-8-27-63-28-9-29-64-30-10-31-65-32-11-33-66-35-18-49-53-47/h12-15,38-39,44,54H,4-11,16-37H2,1-3H3,(H,48,55)(H,50,58)(H,51,57)(H,52,56)/t39-,44-/m0/s1. The highest BCUT2D eigenvalue weighted by Gasteiger charge is 2.27. The Morgan fingerprint density at radius 1 is 0.567 bits per heavy atom. The summed E-state index contributed by atoms with van der Waals surface area (Å²) in [6, 6.07) is 4.90. The van der Waals surface area contributed by atoms with Gasteiger partial charge in [0.2, 0.25) is 23.6 Å². The summed E-state index contributed by atoms with van der Waals surface area (Å²) in [5, 5.41) is 23.4. The predicted molar refractivity (Wildman–Crippen MR) is 251 cm³/mol. The van der Waals surface area contributed by atoms with Crippen LogP contribution in [0, 0.1) is 5.92 Å². The minimum Gasteiger partial charge on any atom is -0.392 e. The molecule has 21 heteroatoms. The molecule has 0 aliphatic rings. The van der Waals surface area contributed by atoms with Crippen molar-refractivity contribution in [3.05, 3.63) is 40.3 Å². The molecule has 0 aliphatic carbocycles. The minimum atomic E-state index is -0.897. The predicted octanol–water partition coefficient (Wildman–Crippen LogP) is 3.85. The number of aliphatic hydroxyl groups excluding tert-OH is 1. The molecule has 5 N–H and O–H groups in total. The van der Waals surface area contributed by atoms with Crippen LogP contribution in [0.15, 0.2) is 29.4 Å². The van der Waals surface area contributed by atoms with Gasteiger partial charge in [-0.25, -0.2) is 0 Å². The summed E-state index contributed by atoms with van der Waals surface area (Å²) in [4.78, 5) is 52.8. The largest absolute Gasteiger partial charge is 0.392 e. The molecule has 0 aromatic heterocycles. The molecular formula is C46H81N7O14. The Labute approximate surface area is 397 Å². The Kier molecular flexibility index (Phi) is 40.5. The van der Waals surface area contributed by atoms with E-state index >= 15 is 0 Å². The Morgan fingerprint density at radius 3 is 1.42 bits per heavy atom. The van der Waals surface area contributed by atoms with Crippen LogP contribution in [0.25, 0.3) is 10.4 Å². The third-order valence-electron chi connectivity index (χ3n) is 9.36. The van der Waals surface area contributed by atoms with Crippen molar-refractivity contribution in [1.29, 1.82) is 0 Å². The van der Waals surface area contributed by atoms with Crippen molar-refractivity contribution in [2.45, 2.75) is 97.2 Å². The van der Waals surface area contributed by atoms with E-state index in [2.05, 4.69) is 31.3 Å². The lowest BCUT2D eigenvalue weighted by atomic mass is 10.0. The lowest BCUT2D eigenvalue weighted by Gasteiger charge is -2.23. The molecule has 67 heavy (non-hydrogen) atoms. The number of aliphatic hydroxyl groups is 1. The van der Waals surface area contributed by atoms with Gasteiger partial charge < -0.3 is 69.0 Å². The second-order valence-electron chi connectivity index (χ2n) is 15.7. The van der Waals surface area contributed by atoms with E-state index < -0.39 is 29.8 Å². The van der Waals surface area contributed by atoms with Crippen LogP contribution in [0.3, 0.4) is 0 Å². The first kappa shape index (κ1) is 61.0. The van der Waals surface area contributed by atoms with Crippen LogP contribution < -0.4 is 21.3 Å². The third-order valence-corrected chi connectivity index (χ3v) is 9.36. The average molecular weight is 956 g/mol. The van der Waals surface area contributed by atoms with Gasteiger partial charge in [0.25, 0.3) is 0 Å². The summed E-state index contributed by atoms with van der Waals surface area (Å²) in [7, 11) is 0. The summed E-state index contributed by atoms with van der Waals surface area (Å²) >= 11 is 0. The van der Waals surface area contributed by atoms with Gasteiger partial charge in [0.05, 0.1) is 19.8 Å². The number of amides is 4. The second kappa shape index (κ2) is 44.5. The first-order valence-corrected chi connectivity index (χ1v) is 23.8. The number of nitrogens with zero attached hydrogens (tertiary/aromatic N) is 3. The van der Waals surface area contributed by atoms with Crippen LogP contribution in [-0.4, -0.2) is 173 Å². The van der Waals surface area contributed by atoms with Crippen molar-refractivity contribution >= 4 is 29.3 Å². The molecule has 4 amide bonds. The van der Waals surface area contributed by atoms with Gasteiger partial charge in [-0.05, 0) is 87.4 Å². The van der Waals surface area contributed by atoms with E-state index in [4.69, 9.17) is 48.2 Å². The highest BCUT2D eigenvalue weighted by molar-refractivity contribution is 5.98. The van der Waals surface area contributed by atoms with E-state index in [1.54, 1.807) is 38.1 Å². The summed E-state index contributed by atoms with van der Waals surface area (Å²) in [6.45, 7) is 15.4. The molecule has 0 saturated carbocycles. The van der Waals surface area contributed by atoms with Gasteiger partial charge in [-0.3, -0.25) is 19.2 Å². The quantitative estimate of drug-likeness (QED) is 0.0269. The zero-order chi connectivity index (χ0) is 48.8. The Morgan fingerprint density at radius 2 is 1.00 bits per heavy atom. The van der Waals surface area contributed by atoms with Crippen molar-refractivity contribution < 1.29 is 66.9 Å². The summed E-state index contributed by atoms with van der Waals surface area (Å²) in [6.07, 6.45) is 6.54. The fourth-order valence-corrected chi connectivity index (χ4v) is 5.69. The van der Waals surface area contributed by atoms with Crippen LogP contribution in [0.1, 0.15) is 84.1 Å². The zero-order valence-electron chi connectivity index (χ0n) is 40.4. The molecule has 1 rings (SSSR count). The lowest BCUT2D eigenvalue weighted by Crippen LogP contribution is -2.54. The maximum Gasteiger partial charge on any atom is 0.246 e. The maximum atomic E-state index is 12.9. The van der Waals surface area contributed by atoms with Gasteiger partial charge >= 0.3 is 0 Å². The molecule has 0 heterocycles. The number of ether oxygens (including phenoxy) is 9. The average Bonchev–Trinajstić information content (AvgIpc) is 3.32. The molecule has 0 saturated heterocycles. The molecule has 0 spiro atoms. The molecule has 0 unspecified atom stereocenters. The molecular weight excluding hydrogens is 875 g/mol. The van der Waals surface area contributed by atoms with E-state index in [9.17, 15) is 24.3 Å². The number of hydrogen-bond donors (Lipinski definition) is 5. The normalized spacial score (nSPS) is 12.1. The number of nitrogens with one attached hydrogen (secondary N) is 4. The van der Waals surface area contributed by atoms with E-state index in [0.717, 1.165) is 44.9 Å². The van der Waals surface area contributed by atoms with Crippen molar-refractivity contribution in [3.63, 3.8) is 0 Å². The van der Waals surface area contributed by atoms with Crippen molar-refractivity contribution in [2.24, 2.45) is 11.0 Å². The topological polar surface area (TPSA) is 268 Å². The first-order chi connectivity index (χ1) is 32.7. The number of carbonyl (C=O) groups is 4. The van der Waals surface area contributed by atoms with E-state index in [0.29, 0.717) is 136 Å². The lowest BCUT2D eigenvalue weighted by molar-refractivity contribution is -0.134. The highest BCUT2D eigenvalue weighted by Crippen LogP contribution is 2.10. The van der Waals surface area contributed by atoms with Gasteiger partial charge in [0, 0.05) is 129 Å². The van der Waals surface area contributed by atoms with Crippen LogP contribution >= 0.6 is 0 Å². The molecule has 0 radical (unpaired) electrons. The van der Waals surface area contributed by atoms with E-state index in [1.807, 2.05) is 0 Å². The van der Waals surface area contributed by atoms with Gasteiger partial charge in [-0.2, -0.15) is 0 Å². The zero-order valence-corrected chi connectivity index (χ0v) is 40.4. The number of azide groups is 1. The molecule has 1 aromatic carbocycles. The van der Waals surface area contributed by atoms with Crippen molar-refractivity contribution in [1.82, 2.24) is 16.0 Å². The summed E-state index contributed by atoms with van der Waals surface area (Å²) < 4.78 is 50.0. The third kappa shape index (κ3) is 37.7. The monoisotopic (exact) mass is 956 g/mol. The first-order valence-electron chi connectivity index (χ1n) is 23.8. The molecule has 0 aliphatic heterocycles. The highest BCUT2D eigenvalue weighted by atomic mass is 16.5. The number of hydrogen-bond acceptors (Lipinski definition) is 15. The van der Waals surface area contributed by atoms with E-state index in [1.165, 1.54) is 6.92 Å². The van der Waals surface area contributed by atoms with Crippen LogP contribution in [0.2, 0.25) is 0 Å². The molecule has 384 valence electrons. The van der Waals surface area contributed by atoms with Crippen LogP contribution in [0.5, 0.6) is 0 Å². The maximum absolute atomic E-state index is 12.9. The molecule has 0 bridgehead atoms. The van der Waals surface area contributed by atoms with Gasteiger partial charge in [0.15, 0.2) is 0 Å². The van der Waals surface area contributed by atoms with Gasteiger partial charge in [-0.1, -0.05) is 31.1 Å². The fourth-order valence-electron chi connectivity index (χ4n) is 5.69. The Balaban J connectivity index is 1.84. The number of rotatable bonds is 47. The van der Waals surface area contributed by atoms with Crippen LogP contribution in [-0.2, 0) is 68.4 Å². The van der Waals surface area contributed by atoms with E-state index in [-0.39, 0.29) is 38.1 Å². The summed E-state index contributed by atoms with van der Waals surface area (Å²) in [5.74, 6) is -1.94. The molecule has 2 atom stereocenters. The number of carbonyl (C=O) groups excluding carboxylic acids is 4. The molecule has 1 aromatic rings. The molecule has 21 nitrogen and oxygen atoms in total.